The molecule has 0 spiro atoms. The number of nitrogens with zero attached hydrogens (tertiary/aromatic N) is 3. The van der Waals surface area contributed by atoms with E-state index in [4.69, 9.17) is 0 Å². The Labute approximate surface area is 72.7 Å². The standard InChI is InChI=1S/C9H13N3/c1-8-3-5-10-9-4-6-11(2)7-12(8)9/h3-5H,6-7H2,1-2H3. The number of hydrogen-bond acceptors (Lipinski definition) is 3. The molecule has 0 aromatic carbocycles. The molecule has 2 aliphatic heterocycles. The maximum atomic E-state index is 4.30. The van der Waals surface area contributed by atoms with Gasteiger partial charge in [0.1, 0.15) is 5.82 Å². The van der Waals surface area contributed by atoms with Crippen LogP contribution < -0.4 is 0 Å². The van der Waals surface area contributed by atoms with Crippen LogP contribution in [0.2, 0.25) is 0 Å². The minimum Gasteiger partial charge on any atom is -0.317 e. The molecule has 0 radical (unpaired) electrons. The van der Waals surface area contributed by atoms with Gasteiger partial charge >= 0.3 is 0 Å². The number of aliphatic imine (C=N–C) groups is 1. The third-order valence-electron chi connectivity index (χ3n) is 2.19. The van der Waals surface area contributed by atoms with E-state index in [0.717, 1.165) is 19.0 Å². The third-order valence-corrected chi connectivity index (χ3v) is 2.19. The zero-order valence-electron chi connectivity index (χ0n) is 7.49. The lowest BCUT2D eigenvalue weighted by atomic mass is 10.3. The molecule has 0 aliphatic carbocycles. The summed E-state index contributed by atoms with van der Waals surface area (Å²) in [6.45, 7) is 4.06. The molecular weight excluding hydrogens is 150 g/mol. The molecule has 0 atom stereocenters. The monoisotopic (exact) mass is 163 g/mol. The van der Waals surface area contributed by atoms with E-state index in [2.05, 4.69) is 34.8 Å². The van der Waals surface area contributed by atoms with Gasteiger partial charge in [-0.15, -0.1) is 0 Å². The van der Waals surface area contributed by atoms with Gasteiger partial charge < -0.3 is 4.90 Å². The molecule has 0 saturated heterocycles. The summed E-state index contributed by atoms with van der Waals surface area (Å²) in [6.07, 6.45) is 6.05. The third kappa shape index (κ3) is 1.16. The number of rotatable bonds is 0. The van der Waals surface area contributed by atoms with E-state index in [-0.39, 0.29) is 0 Å². The Morgan fingerprint density at radius 1 is 1.50 bits per heavy atom. The highest BCUT2D eigenvalue weighted by Crippen LogP contribution is 2.20. The second-order valence-electron chi connectivity index (χ2n) is 3.26. The fourth-order valence-corrected chi connectivity index (χ4v) is 1.45. The van der Waals surface area contributed by atoms with Crippen LogP contribution in [0.15, 0.2) is 28.7 Å². The smallest absolute Gasteiger partial charge is 0.130 e. The summed E-state index contributed by atoms with van der Waals surface area (Å²) in [6, 6.07) is 0. The molecule has 64 valence electrons. The van der Waals surface area contributed by atoms with Crippen LogP contribution in [0.25, 0.3) is 0 Å². The summed E-state index contributed by atoms with van der Waals surface area (Å²) in [7, 11) is 2.11. The van der Waals surface area contributed by atoms with Crippen molar-refractivity contribution in [3.63, 3.8) is 0 Å². The van der Waals surface area contributed by atoms with Gasteiger partial charge in [0.2, 0.25) is 0 Å². The van der Waals surface area contributed by atoms with Gasteiger partial charge in [-0.3, -0.25) is 4.90 Å². The largest absolute Gasteiger partial charge is 0.317 e. The predicted molar refractivity (Wildman–Crippen MR) is 49.7 cm³/mol. The fourth-order valence-electron chi connectivity index (χ4n) is 1.45. The fraction of sp³-hybridized carbons (Fsp3) is 0.444. The van der Waals surface area contributed by atoms with Gasteiger partial charge in [0.05, 0.1) is 6.67 Å². The van der Waals surface area contributed by atoms with Crippen LogP contribution in [-0.2, 0) is 0 Å². The minimum atomic E-state index is 0.950. The van der Waals surface area contributed by atoms with Crippen LogP contribution >= 0.6 is 0 Å². The van der Waals surface area contributed by atoms with Gasteiger partial charge in [-0.25, -0.2) is 4.99 Å². The summed E-state index contributed by atoms with van der Waals surface area (Å²) in [5.74, 6) is 1.09. The molecule has 0 N–H and O–H groups in total. The first-order chi connectivity index (χ1) is 5.77. The first-order valence-corrected chi connectivity index (χ1v) is 4.14. The van der Waals surface area contributed by atoms with E-state index >= 15 is 0 Å². The highest BCUT2D eigenvalue weighted by atomic mass is 15.4. The molecule has 2 heterocycles. The van der Waals surface area contributed by atoms with Crippen molar-refractivity contribution >= 4 is 6.21 Å². The predicted octanol–water partition coefficient (Wildman–Crippen LogP) is 1.02. The molecule has 0 bridgehead atoms. The van der Waals surface area contributed by atoms with Gasteiger partial charge in [-0.1, -0.05) is 0 Å². The Morgan fingerprint density at radius 3 is 3.17 bits per heavy atom. The molecule has 12 heavy (non-hydrogen) atoms. The SMILES string of the molecule is CC1=CC=NC2=CCN(C)CN12. The zero-order valence-corrected chi connectivity index (χ0v) is 7.49. The molecule has 2 rings (SSSR count). The summed E-state index contributed by atoms with van der Waals surface area (Å²) < 4.78 is 0. The zero-order chi connectivity index (χ0) is 8.55. The molecule has 2 aliphatic rings. The first-order valence-electron chi connectivity index (χ1n) is 4.14. The van der Waals surface area contributed by atoms with Crippen LogP contribution in [-0.4, -0.2) is 36.3 Å². The normalized spacial score (nSPS) is 23.3. The Balaban J connectivity index is 2.29. The van der Waals surface area contributed by atoms with Gasteiger partial charge in [0, 0.05) is 18.5 Å². The summed E-state index contributed by atoms with van der Waals surface area (Å²) in [4.78, 5) is 8.76. The summed E-state index contributed by atoms with van der Waals surface area (Å²) in [5, 5.41) is 0. The van der Waals surface area contributed by atoms with E-state index in [1.165, 1.54) is 5.70 Å². The average Bonchev–Trinajstić information content (AvgIpc) is 2.07. The highest BCUT2D eigenvalue weighted by molar-refractivity contribution is 5.74. The van der Waals surface area contributed by atoms with Gasteiger partial charge in [0.15, 0.2) is 0 Å². The second-order valence-corrected chi connectivity index (χ2v) is 3.26. The Kier molecular flexibility index (Phi) is 1.73. The van der Waals surface area contributed by atoms with Crippen molar-refractivity contribution < 1.29 is 0 Å². The van der Waals surface area contributed by atoms with Crippen molar-refractivity contribution in [1.29, 1.82) is 0 Å². The number of allylic oxidation sites excluding steroid dienone is 2. The van der Waals surface area contributed by atoms with Crippen molar-refractivity contribution in [3.8, 4) is 0 Å². The quantitative estimate of drug-likeness (QED) is 0.531. The van der Waals surface area contributed by atoms with Crippen molar-refractivity contribution in [3.05, 3.63) is 23.7 Å². The van der Waals surface area contributed by atoms with Gasteiger partial charge in [-0.05, 0) is 26.1 Å². The van der Waals surface area contributed by atoms with E-state index in [1.54, 1.807) is 0 Å². The summed E-state index contributed by atoms with van der Waals surface area (Å²) >= 11 is 0. The molecule has 3 heteroatoms. The number of likely N-dealkylation sites (N-methyl/N-ethyl adjacent to an activating group) is 1. The number of hydrogen-bond donors (Lipinski definition) is 0. The maximum Gasteiger partial charge on any atom is 0.130 e. The lowest BCUT2D eigenvalue weighted by Crippen LogP contribution is -2.38. The maximum absolute atomic E-state index is 4.30. The van der Waals surface area contributed by atoms with Crippen LogP contribution in [0, 0.1) is 0 Å². The summed E-state index contributed by atoms with van der Waals surface area (Å²) in [5.41, 5.74) is 1.27. The van der Waals surface area contributed by atoms with E-state index in [1.807, 2.05) is 12.3 Å². The topological polar surface area (TPSA) is 18.8 Å². The van der Waals surface area contributed by atoms with Gasteiger partial charge in [0.25, 0.3) is 0 Å². The molecule has 0 aromatic rings. The molecule has 0 aromatic heterocycles. The van der Waals surface area contributed by atoms with Crippen LogP contribution in [0.1, 0.15) is 6.92 Å². The van der Waals surface area contributed by atoms with E-state index in [9.17, 15) is 0 Å². The molecule has 0 saturated carbocycles. The van der Waals surface area contributed by atoms with E-state index < -0.39 is 0 Å². The van der Waals surface area contributed by atoms with Crippen LogP contribution in [0.3, 0.4) is 0 Å². The van der Waals surface area contributed by atoms with Crippen molar-refractivity contribution in [2.45, 2.75) is 6.92 Å². The Bertz CT molecular complexity index is 275. The molecule has 3 nitrogen and oxygen atoms in total. The average molecular weight is 163 g/mol. The van der Waals surface area contributed by atoms with Crippen LogP contribution in [0.5, 0.6) is 0 Å². The number of fused-ring (bicyclic) bond motifs is 1. The lowest BCUT2D eigenvalue weighted by Gasteiger charge is -2.35. The lowest BCUT2D eigenvalue weighted by molar-refractivity contribution is 0.215. The second kappa shape index (κ2) is 2.75. The van der Waals surface area contributed by atoms with E-state index in [0.29, 0.717) is 0 Å². The Hall–Kier alpha value is -1.09. The molecule has 0 unspecified atom stereocenters. The van der Waals surface area contributed by atoms with Gasteiger partial charge in [-0.2, -0.15) is 0 Å². The first kappa shape index (κ1) is 7.55. The molecular formula is C9H13N3. The van der Waals surface area contributed by atoms with Crippen molar-refractivity contribution in [2.75, 3.05) is 20.3 Å². The van der Waals surface area contributed by atoms with Crippen LogP contribution in [0.4, 0.5) is 0 Å². The minimum absolute atomic E-state index is 0.950. The Morgan fingerprint density at radius 2 is 2.33 bits per heavy atom. The molecule has 0 amide bonds. The molecule has 0 fully saturated rings. The van der Waals surface area contributed by atoms with Crippen molar-refractivity contribution in [2.24, 2.45) is 4.99 Å². The highest BCUT2D eigenvalue weighted by Gasteiger charge is 2.18. The van der Waals surface area contributed by atoms with Crippen molar-refractivity contribution in [1.82, 2.24) is 9.80 Å².